The molecule has 2 N–H and O–H groups in total. The van der Waals surface area contributed by atoms with Crippen molar-refractivity contribution in [3.05, 3.63) is 22.7 Å². The van der Waals surface area contributed by atoms with Crippen LogP contribution in [0.1, 0.15) is 0 Å². The highest BCUT2D eigenvalue weighted by atomic mass is 79.9. The fourth-order valence-corrected chi connectivity index (χ4v) is 0.846. The van der Waals surface area contributed by atoms with Crippen LogP contribution in [0.25, 0.3) is 0 Å². The topological polar surface area (TPSA) is 40.5 Å². The van der Waals surface area contributed by atoms with Crippen molar-refractivity contribution in [2.75, 3.05) is 0 Å². The summed E-state index contributed by atoms with van der Waals surface area (Å²) >= 11 is 3.13. The molecular formula is C6H8BBrO2. The maximum absolute atomic E-state index is 8.82. The third-order valence-electron chi connectivity index (χ3n) is 0.937. The van der Waals surface area contributed by atoms with E-state index >= 15 is 0 Å². The molecular weight excluding hydrogens is 195 g/mol. The maximum Gasteiger partial charge on any atom is 0.158 e. The summed E-state index contributed by atoms with van der Waals surface area (Å²) < 4.78 is 0.748. The average molecular weight is 203 g/mol. The van der Waals surface area contributed by atoms with Gasteiger partial charge in [0.25, 0.3) is 0 Å². The van der Waals surface area contributed by atoms with Crippen LogP contribution in [0.15, 0.2) is 22.7 Å². The van der Waals surface area contributed by atoms with Crippen LogP contribution in [-0.2, 0) is 0 Å². The second kappa shape index (κ2) is 3.51. The van der Waals surface area contributed by atoms with Gasteiger partial charge in [0.1, 0.15) is 0 Å². The van der Waals surface area contributed by atoms with E-state index in [-0.39, 0.29) is 19.9 Å². The zero-order chi connectivity index (χ0) is 6.85. The van der Waals surface area contributed by atoms with Gasteiger partial charge in [0.2, 0.25) is 0 Å². The molecule has 0 fully saturated rings. The number of rotatable bonds is 0. The van der Waals surface area contributed by atoms with E-state index in [4.69, 9.17) is 10.2 Å². The van der Waals surface area contributed by atoms with Gasteiger partial charge >= 0.3 is 0 Å². The third-order valence-corrected chi connectivity index (χ3v) is 1.43. The Morgan fingerprint density at radius 3 is 2.10 bits per heavy atom. The van der Waals surface area contributed by atoms with Crippen LogP contribution >= 0.6 is 15.9 Å². The minimum atomic E-state index is -0.107. The Morgan fingerprint density at radius 1 is 1.10 bits per heavy atom. The molecule has 4 heteroatoms. The van der Waals surface area contributed by atoms with Gasteiger partial charge in [-0.05, 0) is 18.2 Å². The van der Waals surface area contributed by atoms with E-state index in [9.17, 15) is 0 Å². The smallest absolute Gasteiger partial charge is 0.158 e. The van der Waals surface area contributed by atoms with Gasteiger partial charge in [-0.25, -0.2) is 0 Å². The highest BCUT2D eigenvalue weighted by molar-refractivity contribution is 9.10. The lowest BCUT2D eigenvalue weighted by Gasteiger charge is -1.94. The summed E-state index contributed by atoms with van der Waals surface area (Å²) in [5.41, 5.74) is 0. The van der Waals surface area contributed by atoms with Crippen molar-refractivity contribution in [1.29, 1.82) is 0 Å². The zero-order valence-electron chi connectivity index (χ0n) is 4.50. The minimum absolute atomic E-state index is 0. The number of benzene rings is 1. The van der Waals surface area contributed by atoms with Crippen LogP contribution in [0.5, 0.6) is 11.5 Å². The quantitative estimate of drug-likeness (QED) is 0.480. The molecule has 1 aromatic carbocycles. The molecule has 0 aromatic heterocycles. The summed E-state index contributed by atoms with van der Waals surface area (Å²) in [4.78, 5) is 0. The van der Waals surface area contributed by atoms with E-state index in [0.29, 0.717) is 0 Å². The van der Waals surface area contributed by atoms with Gasteiger partial charge in [0, 0.05) is 4.47 Å². The Morgan fingerprint density at radius 2 is 1.70 bits per heavy atom. The first-order valence-corrected chi connectivity index (χ1v) is 3.17. The van der Waals surface area contributed by atoms with Crippen LogP contribution in [0, 0.1) is 0 Å². The van der Waals surface area contributed by atoms with Crippen molar-refractivity contribution >= 4 is 24.3 Å². The SMILES string of the molecule is B.Oc1ccc(Br)cc1O. The van der Waals surface area contributed by atoms with Gasteiger partial charge in [-0.2, -0.15) is 0 Å². The molecule has 0 atom stereocenters. The molecule has 0 saturated carbocycles. The highest BCUT2D eigenvalue weighted by Crippen LogP contribution is 2.26. The second-order valence-electron chi connectivity index (χ2n) is 1.63. The van der Waals surface area contributed by atoms with E-state index < -0.39 is 0 Å². The first-order chi connectivity index (χ1) is 4.20. The lowest BCUT2D eigenvalue weighted by molar-refractivity contribution is 0.403. The molecule has 0 radical (unpaired) electrons. The molecule has 0 saturated heterocycles. The fourth-order valence-electron chi connectivity index (χ4n) is 0.497. The van der Waals surface area contributed by atoms with Crippen molar-refractivity contribution in [3.63, 3.8) is 0 Å². The second-order valence-corrected chi connectivity index (χ2v) is 2.55. The Hall–Kier alpha value is -0.635. The molecule has 0 aliphatic heterocycles. The first-order valence-electron chi connectivity index (χ1n) is 2.37. The van der Waals surface area contributed by atoms with E-state index in [0.717, 1.165) is 4.47 Å². The molecule has 54 valence electrons. The number of phenolic OH excluding ortho intramolecular Hbond substituents is 2. The van der Waals surface area contributed by atoms with E-state index in [1.54, 1.807) is 6.07 Å². The van der Waals surface area contributed by atoms with Gasteiger partial charge in [-0.3, -0.25) is 0 Å². The van der Waals surface area contributed by atoms with Crippen molar-refractivity contribution in [2.45, 2.75) is 0 Å². The summed E-state index contributed by atoms with van der Waals surface area (Å²) in [6.07, 6.45) is 0. The van der Waals surface area contributed by atoms with Crippen molar-refractivity contribution < 1.29 is 10.2 Å². The van der Waals surface area contributed by atoms with Crippen LogP contribution in [0.2, 0.25) is 0 Å². The van der Waals surface area contributed by atoms with Crippen molar-refractivity contribution in [2.24, 2.45) is 0 Å². The molecule has 2 nitrogen and oxygen atoms in total. The molecule has 0 aliphatic rings. The maximum atomic E-state index is 8.82. The number of phenols is 2. The number of hydrogen-bond donors (Lipinski definition) is 2. The Balaban J connectivity index is 0.000000810. The third kappa shape index (κ3) is 1.95. The molecule has 0 aliphatic carbocycles. The van der Waals surface area contributed by atoms with Crippen LogP contribution in [-0.4, -0.2) is 18.6 Å². The number of halogens is 1. The predicted octanol–water partition coefficient (Wildman–Crippen LogP) is 0.676. The number of aromatic hydroxyl groups is 2. The molecule has 0 spiro atoms. The Kier molecular flexibility index (Phi) is 3.29. The molecule has 0 bridgehead atoms. The normalized spacial score (nSPS) is 8.50. The van der Waals surface area contributed by atoms with Crippen LogP contribution in [0.3, 0.4) is 0 Å². The van der Waals surface area contributed by atoms with E-state index in [1.165, 1.54) is 12.1 Å². The summed E-state index contributed by atoms with van der Waals surface area (Å²) in [5, 5.41) is 17.6. The molecule has 0 unspecified atom stereocenters. The van der Waals surface area contributed by atoms with Crippen molar-refractivity contribution in [1.82, 2.24) is 0 Å². The van der Waals surface area contributed by atoms with Gasteiger partial charge in [0.15, 0.2) is 11.5 Å². The van der Waals surface area contributed by atoms with E-state index in [1.807, 2.05) is 0 Å². The van der Waals surface area contributed by atoms with Crippen LogP contribution < -0.4 is 0 Å². The average Bonchev–Trinajstić information content (AvgIpc) is 1.80. The van der Waals surface area contributed by atoms with Crippen molar-refractivity contribution in [3.8, 4) is 11.5 Å². The summed E-state index contributed by atoms with van der Waals surface area (Å²) in [5.74, 6) is -0.206. The van der Waals surface area contributed by atoms with Gasteiger partial charge in [0.05, 0.1) is 8.41 Å². The van der Waals surface area contributed by atoms with Gasteiger partial charge in [-0.15, -0.1) is 0 Å². The minimum Gasteiger partial charge on any atom is -0.504 e. The zero-order valence-corrected chi connectivity index (χ0v) is 6.09. The molecule has 1 rings (SSSR count). The summed E-state index contributed by atoms with van der Waals surface area (Å²) in [6.45, 7) is 0. The van der Waals surface area contributed by atoms with E-state index in [2.05, 4.69) is 15.9 Å². The molecule has 1 aromatic rings. The molecule has 0 amide bonds. The lowest BCUT2D eigenvalue weighted by atomic mass is 10.3. The predicted molar refractivity (Wildman–Crippen MR) is 47.4 cm³/mol. The molecule has 10 heavy (non-hydrogen) atoms. The van der Waals surface area contributed by atoms with Crippen LogP contribution in [0.4, 0.5) is 0 Å². The summed E-state index contributed by atoms with van der Waals surface area (Å²) in [7, 11) is 0. The summed E-state index contributed by atoms with van der Waals surface area (Å²) in [6, 6.07) is 4.49. The van der Waals surface area contributed by atoms with Gasteiger partial charge in [-0.1, -0.05) is 15.9 Å². The fraction of sp³-hybridized carbons (Fsp3) is 0. The number of hydrogen-bond acceptors (Lipinski definition) is 2. The largest absolute Gasteiger partial charge is 0.504 e. The standard InChI is InChI=1S/C6H5BrO2.BH3/c7-4-1-2-5(8)6(9)3-4;/h1-3,8-9H;1H3. The Labute approximate surface area is 69.2 Å². The molecule has 0 heterocycles. The highest BCUT2D eigenvalue weighted by Gasteiger charge is 1.95. The van der Waals surface area contributed by atoms with Gasteiger partial charge < -0.3 is 10.2 Å². The monoisotopic (exact) mass is 202 g/mol. The first kappa shape index (κ1) is 9.36. The Bertz CT molecular complexity index is 227. The lowest BCUT2D eigenvalue weighted by Crippen LogP contribution is -1.66.